The van der Waals surface area contributed by atoms with Gasteiger partial charge in [-0.15, -0.1) is 0 Å². The molecule has 0 bridgehead atoms. The summed E-state index contributed by atoms with van der Waals surface area (Å²) >= 11 is 0. The largest absolute Gasteiger partial charge is 0.378 e. The number of carbonyl (C=O) groups is 1. The quantitative estimate of drug-likeness (QED) is 0.685. The van der Waals surface area contributed by atoms with E-state index in [2.05, 4.69) is 5.32 Å². The third-order valence-electron chi connectivity index (χ3n) is 2.82. The molecule has 1 unspecified atom stereocenters. The number of likely N-dealkylation sites (N-methyl/N-ethyl adjacent to an activating group) is 1. The van der Waals surface area contributed by atoms with Crippen molar-refractivity contribution in [2.24, 2.45) is 5.92 Å². The molecule has 4 nitrogen and oxygen atoms in total. The number of rotatable bonds is 3. The minimum absolute atomic E-state index is 0.118. The third kappa shape index (κ3) is 2.45. The molecular formula is C10H18N2O2. The minimum atomic E-state index is -0.118. The summed E-state index contributed by atoms with van der Waals surface area (Å²) in [6.45, 7) is 2.94. The van der Waals surface area contributed by atoms with Crippen LogP contribution < -0.4 is 5.32 Å². The highest BCUT2D eigenvalue weighted by Crippen LogP contribution is 2.29. The molecule has 0 aromatic carbocycles. The maximum Gasteiger partial charge on any atom is 0.241 e. The van der Waals surface area contributed by atoms with Crippen LogP contribution in [0, 0.1) is 5.92 Å². The molecule has 4 heteroatoms. The first kappa shape index (κ1) is 9.93. The molecule has 0 spiro atoms. The van der Waals surface area contributed by atoms with Gasteiger partial charge >= 0.3 is 0 Å². The van der Waals surface area contributed by atoms with Gasteiger partial charge in [-0.3, -0.25) is 4.79 Å². The van der Waals surface area contributed by atoms with E-state index in [0.29, 0.717) is 6.61 Å². The molecule has 2 aliphatic rings. The van der Waals surface area contributed by atoms with Gasteiger partial charge in [0.1, 0.15) is 6.04 Å². The summed E-state index contributed by atoms with van der Waals surface area (Å²) in [6, 6.07) is -0.118. The van der Waals surface area contributed by atoms with Crippen LogP contribution in [-0.2, 0) is 9.53 Å². The number of hydrogen-bond acceptors (Lipinski definition) is 3. The van der Waals surface area contributed by atoms with Crippen molar-refractivity contribution in [1.29, 1.82) is 0 Å². The van der Waals surface area contributed by atoms with Gasteiger partial charge in [-0.05, 0) is 18.8 Å². The van der Waals surface area contributed by atoms with Crippen LogP contribution in [0.4, 0.5) is 0 Å². The average Bonchev–Trinajstić information content (AvgIpc) is 3.02. The molecule has 1 saturated carbocycles. The maximum absolute atomic E-state index is 11.8. The molecule has 2 fully saturated rings. The van der Waals surface area contributed by atoms with E-state index in [1.165, 1.54) is 12.8 Å². The van der Waals surface area contributed by atoms with Crippen molar-refractivity contribution in [3.63, 3.8) is 0 Å². The number of morpholine rings is 1. The van der Waals surface area contributed by atoms with Gasteiger partial charge in [0, 0.05) is 20.1 Å². The second-order valence-corrected chi connectivity index (χ2v) is 4.24. The summed E-state index contributed by atoms with van der Waals surface area (Å²) in [6.07, 6.45) is 2.57. The van der Waals surface area contributed by atoms with Gasteiger partial charge in [-0.2, -0.15) is 0 Å². The van der Waals surface area contributed by atoms with Gasteiger partial charge in [0.15, 0.2) is 0 Å². The lowest BCUT2D eigenvalue weighted by atomic mass is 10.2. The fourth-order valence-corrected chi connectivity index (χ4v) is 1.77. The Kier molecular flexibility index (Phi) is 3.03. The molecule has 14 heavy (non-hydrogen) atoms. The summed E-state index contributed by atoms with van der Waals surface area (Å²) in [4.78, 5) is 13.7. The maximum atomic E-state index is 11.8. The van der Waals surface area contributed by atoms with Crippen LogP contribution in [0.25, 0.3) is 0 Å². The monoisotopic (exact) mass is 198 g/mol. The second-order valence-electron chi connectivity index (χ2n) is 4.24. The molecule has 2 rings (SSSR count). The number of carbonyl (C=O) groups excluding carboxylic acids is 1. The lowest BCUT2D eigenvalue weighted by Gasteiger charge is -2.27. The summed E-state index contributed by atoms with van der Waals surface area (Å²) in [5, 5.41) is 3.18. The van der Waals surface area contributed by atoms with Crippen molar-refractivity contribution in [2.75, 3.05) is 33.4 Å². The van der Waals surface area contributed by atoms with Gasteiger partial charge in [0.25, 0.3) is 0 Å². The van der Waals surface area contributed by atoms with Gasteiger partial charge in [-0.1, -0.05) is 0 Å². The van der Waals surface area contributed by atoms with Gasteiger partial charge in [-0.25, -0.2) is 0 Å². The molecule has 0 radical (unpaired) electrons. The number of nitrogens with zero attached hydrogens (tertiary/aromatic N) is 1. The van der Waals surface area contributed by atoms with Crippen LogP contribution in [-0.4, -0.2) is 50.2 Å². The van der Waals surface area contributed by atoms with Crippen molar-refractivity contribution in [3.05, 3.63) is 0 Å². The molecule has 0 aromatic heterocycles. The molecule has 80 valence electrons. The van der Waals surface area contributed by atoms with Crippen molar-refractivity contribution in [3.8, 4) is 0 Å². The Labute approximate surface area is 84.6 Å². The number of amides is 1. The second kappa shape index (κ2) is 4.28. The van der Waals surface area contributed by atoms with E-state index < -0.39 is 0 Å². The number of nitrogens with one attached hydrogen (secondary N) is 1. The molecule has 1 saturated heterocycles. The Morgan fingerprint density at radius 2 is 2.36 bits per heavy atom. The van der Waals surface area contributed by atoms with Crippen LogP contribution in [0.3, 0.4) is 0 Å². The third-order valence-corrected chi connectivity index (χ3v) is 2.82. The smallest absolute Gasteiger partial charge is 0.241 e. The van der Waals surface area contributed by atoms with Crippen LogP contribution in [0.1, 0.15) is 12.8 Å². The summed E-state index contributed by atoms with van der Waals surface area (Å²) in [7, 11) is 1.89. The van der Waals surface area contributed by atoms with Gasteiger partial charge in [0.2, 0.25) is 5.91 Å². The highest BCUT2D eigenvalue weighted by Gasteiger charge is 2.29. The summed E-state index contributed by atoms with van der Waals surface area (Å²) < 4.78 is 5.26. The molecule has 0 aromatic rings. The van der Waals surface area contributed by atoms with Crippen LogP contribution in [0.2, 0.25) is 0 Å². The Hall–Kier alpha value is -0.610. The summed E-state index contributed by atoms with van der Waals surface area (Å²) in [5.41, 5.74) is 0. The highest BCUT2D eigenvalue weighted by atomic mass is 16.5. The molecule has 1 N–H and O–H groups in total. The SMILES string of the molecule is CN(CC1CC1)C(=O)C1COCCN1. The van der Waals surface area contributed by atoms with E-state index in [1.54, 1.807) is 0 Å². The zero-order chi connectivity index (χ0) is 9.97. The normalized spacial score (nSPS) is 27.4. The average molecular weight is 198 g/mol. The van der Waals surface area contributed by atoms with Crippen LogP contribution in [0.15, 0.2) is 0 Å². The topological polar surface area (TPSA) is 41.6 Å². The standard InChI is InChI=1S/C10H18N2O2/c1-12(6-8-2-3-8)10(13)9-7-14-5-4-11-9/h8-9,11H,2-7H2,1H3. The van der Waals surface area contributed by atoms with Crippen molar-refractivity contribution >= 4 is 5.91 Å². The van der Waals surface area contributed by atoms with E-state index in [1.807, 2.05) is 11.9 Å². The number of hydrogen-bond donors (Lipinski definition) is 1. The van der Waals surface area contributed by atoms with Crippen LogP contribution >= 0.6 is 0 Å². The van der Waals surface area contributed by atoms with E-state index in [4.69, 9.17) is 4.74 Å². The predicted octanol–water partition coefficient (Wildman–Crippen LogP) is -0.157. The first-order valence-electron chi connectivity index (χ1n) is 5.33. The van der Waals surface area contributed by atoms with Crippen LogP contribution in [0.5, 0.6) is 0 Å². The number of ether oxygens (including phenoxy) is 1. The van der Waals surface area contributed by atoms with Crippen molar-refractivity contribution in [1.82, 2.24) is 10.2 Å². The minimum Gasteiger partial charge on any atom is -0.378 e. The van der Waals surface area contributed by atoms with Gasteiger partial charge < -0.3 is 15.0 Å². The van der Waals surface area contributed by atoms with E-state index in [9.17, 15) is 4.79 Å². The van der Waals surface area contributed by atoms with Crippen molar-refractivity contribution < 1.29 is 9.53 Å². The molecule has 1 atom stereocenters. The fraction of sp³-hybridized carbons (Fsp3) is 0.900. The predicted molar refractivity (Wildman–Crippen MR) is 53.0 cm³/mol. The van der Waals surface area contributed by atoms with Gasteiger partial charge in [0.05, 0.1) is 13.2 Å². The Morgan fingerprint density at radius 1 is 1.57 bits per heavy atom. The zero-order valence-corrected chi connectivity index (χ0v) is 8.66. The lowest BCUT2D eigenvalue weighted by Crippen LogP contribution is -2.51. The summed E-state index contributed by atoms with van der Waals surface area (Å²) in [5.74, 6) is 0.935. The first-order chi connectivity index (χ1) is 6.77. The van der Waals surface area contributed by atoms with Crippen molar-refractivity contribution in [2.45, 2.75) is 18.9 Å². The molecule has 1 heterocycles. The van der Waals surface area contributed by atoms with E-state index in [0.717, 1.165) is 25.6 Å². The molecule has 1 amide bonds. The fourth-order valence-electron chi connectivity index (χ4n) is 1.77. The first-order valence-corrected chi connectivity index (χ1v) is 5.33. The molecule has 1 aliphatic heterocycles. The van der Waals surface area contributed by atoms with E-state index >= 15 is 0 Å². The van der Waals surface area contributed by atoms with E-state index in [-0.39, 0.29) is 11.9 Å². The Morgan fingerprint density at radius 3 is 2.93 bits per heavy atom. The molecule has 1 aliphatic carbocycles. The molecular weight excluding hydrogens is 180 g/mol. The lowest BCUT2D eigenvalue weighted by molar-refractivity contribution is -0.135. The Balaban J connectivity index is 1.79. The Bertz CT molecular complexity index is 210. The highest BCUT2D eigenvalue weighted by molar-refractivity contribution is 5.81. The zero-order valence-electron chi connectivity index (χ0n) is 8.66.